The summed E-state index contributed by atoms with van der Waals surface area (Å²) in [5, 5.41) is 0. The van der Waals surface area contributed by atoms with E-state index in [0.29, 0.717) is 0 Å². The molecule has 0 heterocycles. The minimum atomic E-state index is -0.731. The third-order valence-corrected chi connectivity index (χ3v) is 19.1. The summed E-state index contributed by atoms with van der Waals surface area (Å²) in [6.07, 6.45) is 0. The van der Waals surface area contributed by atoms with Crippen LogP contribution in [0.15, 0.2) is 0 Å². The molecule has 0 aliphatic carbocycles. The van der Waals surface area contributed by atoms with E-state index in [-0.39, 0.29) is 36.8 Å². The quantitative estimate of drug-likeness (QED) is 0.547. The molecule has 0 saturated carbocycles. The minimum Gasteiger partial charge on any atom is -0.412 e. The van der Waals surface area contributed by atoms with E-state index in [1.165, 1.54) is 0 Å². The summed E-state index contributed by atoms with van der Waals surface area (Å²) >= 11 is 0. The molecule has 0 spiro atoms. The molecular formula is C14H44InO2Si4. The van der Waals surface area contributed by atoms with Gasteiger partial charge in [0.15, 0.2) is 0 Å². The molecule has 0 aliphatic heterocycles. The molecule has 0 atom stereocenters. The normalized spacial score (nSPS) is 12.0. The largest absolute Gasteiger partial charge is 0.412 e. The van der Waals surface area contributed by atoms with Gasteiger partial charge in [-0.3, -0.25) is 0 Å². The third kappa shape index (κ3) is 44.9. The SMILES string of the molecule is C[Si](C)(C)C[Si](C)(C)C.C[Si](C)(C)C[Si](C)(C)C.O.O.[In]. The first kappa shape index (κ1) is 34.1. The molecule has 0 saturated heterocycles. The standard InChI is InChI=1S/2C7H20Si2.In.2H2O/c2*1-8(2,3)7-9(4,5)6;;;/h2*7H2,1-6H3;;2*1H2. The molecule has 2 nitrogen and oxygen atoms in total. The molecule has 0 fully saturated rings. The van der Waals surface area contributed by atoms with E-state index in [1.807, 2.05) is 0 Å². The Kier molecular flexibility index (Phi) is 19.6. The summed E-state index contributed by atoms with van der Waals surface area (Å²) < 4.78 is 0. The van der Waals surface area contributed by atoms with Crippen LogP contribution in [0.25, 0.3) is 0 Å². The van der Waals surface area contributed by atoms with Gasteiger partial charge >= 0.3 is 0 Å². The smallest absolute Gasteiger partial charge is 0.0416 e. The fraction of sp³-hybridized carbons (Fsp3) is 1.00. The van der Waals surface area contributed by atoms with Gasteiger partial charge in [-0.15, -0.1) is 0 Å². The predicted molar refractivity (Wildman–Crippen MR) is 116 cm³/mol. The van der Waals surface area contributed by atoms with E-state index in [1.54, 1.807) is 11.3 Å². The molecule has 0 rings (SSSR count). The molecule has 0 aromatic heterocycles. The Morgan fingerprint density at radius 1 is 0.381 bits per heavy atom. The van der Waals surface area contributed by atoms with Crippen molar-refractivity contribution in [2.24, 2.45) is 0 Å². The Balaban J connectivity index is -0.0000000711. The van der Waals surface area contributed by atoms with Crippen molar-refractivity contribution in [2.45, 2.75) is 89.9 Å². The summed E-state index contributed by atoms with van der Waals surface area (Å²) in [6, 6.07) is 0. The first-order valence-electron chi connectivity index (χ1n) is 7.41. The van der Waals surface area contributed by atoms with Crippen molar-refractivity contribution in [3.05, 3.63) is 0 Å². The molecule has 0 aromatic carbocycles. The van der Waals surface area contributed by atoms with Crippen LogP contribution in [0.5, 0.6) is 0 Å². The second-order valence-corrected chi connectivity index (χ2v) is 33.9. The number of hydrogen-bond acceptors (Lipinski definition) is 0. The second-order valence-electron chi connectivity index (χ2n) is 10.6. The molecule has 21 heavy (non-hydrogen) atoms. The van der Waals surface area contributed by atoms with E-state index in [4.69, 9.17) is 0 Å². The average molecular weight is 472 g/mol. The fourth-order valence-electron chi connectivity index (χ4n) is 3.18. The Morgan fingerprint density at radius 3 is 0.476 bits per heavy atom. The molecule has 7 heteroatoms. The molecule has 0 aromatic rings. The Morgan fingerprint density at radius 2 is 0.476 bits per heavy atom. The van der Waals surface area contributed by atoms with Gasteiger partial charge in [-0.1, -0.05) is 89.9 Å². The van der Waals surface area contributed by atoms with Gasteiger partial charge in [0, 0.05) is 58.1 Å². The third-order valence-electron chi connectivity index (χ3n) is 2.12. The van der Waals surface area contributed by atoms with Crippen LogP contribution >= 0.6 is 0 Å². The van der Waals surface area contributed by atoms with Crippen LogP contribution in [0, 0.1) is 0 Å². The van der Waals surface area contributed by atoms with Crippen LogP contribution in [0.1, 0.15) is 0 Å². The van der Waals surface area contributed by atoms with E-state index in [9.17, 15) is 0 Å². The molecule has 0 aliphatic rings. The van der Waals surface area contributed by atoms with Gasteiger partial charge in [-0.2, -0.15) is 0 Å². The van der Waals surface area contributed by atoms with E-state index < -0.39 is 32.3 Å². The van der Waals surface area contributed by atoms with E-state index >= 15 is 0 Å². The van der Waals surface area contributed by atoms with Crippen LogP contribution in [0.3, 0.4) is 0 Å². The van der Waals surface area contributed by atoms with Gasteiger partial charge in [-0.05, 0) is 0 Å². The van der Waals surface area contributed by atoms with Crippen LogP contribution in [-0.2, 0) is 0 Å². The molecule has 0 unspecified atom stereocenters. The maximum atomic E-state index is 2.46. The molecule has 4 N–H and O–H groups in total. The van der Waals surface area contributed by atoms with Crippen LogP contribution in [0.2, 0.25) is 89.9 Å². The Labute approximate surface area is 158 Å². The number of rotatable bonds is 4. The molecule has 131 valence electrons. The van der Waals surface area contributed by atoms with Crippen molar-refractivity contribution in [3.8, 4) is 0 Å². The van der Waals surface area contributed by atoms with Gasteiger partial charge in [0.2, 0.25) is 0 Å². The minimum absolute atomic E-state index is 0. The van der Waals surface area contributed by atoms with Gasteiger partial charge in [0.25, 0.3) is 0 Å². The fourth-order valence-corrected chi connectivity index (χ4v) is 28.6. The van der Waals surface area contributed by atoms with Gasteiger partial charge in [0.1, 0.15) is 0 Å². The zero-order valence-electron chi connectivity index (χ0n) is 17.0. The van der Waals surface area contributed by atoms with E-state index in [0.717, 1.165) is 0 Å². The molecule has 0 bridgehead atoms. The second kappa shape index (κ2) is 12.1. The van der Waals surface area contributed by atoms with Gasteiger partial charge in [0.05, 0.1) is 0 Å². The monoisotopic (exact) mass is 471 g/mol. The maximum absolute atomic E-state index is 2.46. The van der Waals surface area contributed by atoms with Crippen molar-refractivity contribution in [1.29, 1.82) is 0 Å². The Hall–Kier alpha value is 1.66. The van der Waals surface area contributed by atoms with Crippen molar-refractivity contribution >= 4 is 58.1 Å². The summed E-state index contributed by atoms with van der Waals surface area (Å²) in [5.41, 5.74) is 3.14. The summed E-state index contributed by atoms with van der Waals surface area (Å²) in [7, 11) is -2.92. The maximum Gasteiger partial charge on any atom is 0.0416 e. The Bertz CT molecular complexity index is 185. The molecule has 3 radical (unpaired) electrons. The van der Waals surface area contributed by atoms with Crippen LogP contribution in [0.4, 0.5) is 0 Å². The van der Waals surface area contributed by atoms with Crippen molar-refractivity contribution < 1.29 is 11.0 Å². The first-order valence-corrected chi connectivity index (χ1v) is 22.2. The predicted octanol–water partition coefficient (Wildman–Crippen LogP) is 4.37. The van der Waals surface area contributed by atoms with Gasteiger partial charge in [-0.25, -0.2) is 0 Å². The number of hydrogen-bond donors (Lipinski definition) is 0. The molecule has 0 amide bonds. The van der Waals surface area contributed by atoms with E-state index in [2.05, 4.69) is 78.6 Å². The molecular weight excluding hydrogens is 427 g/mol. The van der Waals surface area contributed by atoms with Gasteiger partial charge < -0.3 is 11.0 Å². The summed E-state index contributed by atoms with van der Waals surface area (Å²) in [6.45, 7) is 29.6. The topological polar surface area (TPSA) is 63.0 Å². The van der Waals surface area contributed by atoms with Crippen LogP contribution < -0.4 is 0 Å². The van der Waals surface area contributed by atoms with Crippen LogP contribution in [-0.4, -0.2) is 69.1 Å². The zero-order chi connectivity index (χ0) is 15.4. The summed E-state index contributed by atoms with van der Waals surface area (Å²) in [5.74, 6) is 0. The first-order chi connectivity index (χ1) is 7.41. The van der Waals surface area contributed by atoms with Crippen molar-refractivity contribution in [3.63, 3.8) is 0 Å². The zero-order valence-corrected chi connectivity index (χ0v) is 24.3. The van der Waals surface area contributed by atoms with Crippen molar-refractivity contribution in [1.82, 2.24) is 0 Å². The van der Waals surface area contributed by atoms with Crippen molar-refractivity contribution in [2.75, 3.05) is 0 Å². The summed E-state index contributed by atoms with van der Waals surface area (Å²) in [4.78, 5) is 0. The average Bonchev–Trinajstić information content (AvgIpc) is 1.64.